The average molecular weight is 232 g/mol. The lowest BCUT2D eigenvalue weighted by molar-refractivity contribution is 0.392. The fourth-order valence-corrected chi connectivity index (χ4v) is 2.28. The van der Waals surface area contributed by atoms with Gasteiger partial charge in [-0.3, -0.25) is 9.36 Å². The van der Waals surface area contributed by atoms with Crippen LogP contribution in [0.3, 0.4) is 0 Å². The van der Waals surface area contributed by atoms with Gasteiger partial charge in [-0.1, -0.05) is 0 Å². The summed E-state index contributed by atoms with van der Waals surface area (Å²) in [7, 11) is 0. The van der Waals surface area contributed by atoms with Gasteiger partial charge in [-0.2, -0.15) is 10.2 Å². The summed E-state index contributed by atoms with van der Waals surface area (Å²) >= 11 is 0. The van der Waals surface area contributed by atoms with Crippen LogP contribution in [0.2, 0.25) is 0 Å². The molecule has 2 aromatic heterocycles. The van der Waals surface area contributed by atoms with Gasteiger partial charge in [0.15, 0.2) is 0 Å². The molecule has 0 aliphatic carbocycles. The molecule has 4 heteroatoms. The minimum atomic E-state index is 0.321. The van der Waals surface area contributed by atoms with Crippen LogP contribution in [0.5, 0.6) is 0 Å². The van der Waals surface area contributed by atoms with E-state index >= 15 is 0 Å². The van der Waals surface area contributed by atoms with Gasteiger partial charge in [0, 0.05) is 11.4 Å². The van der Waals surface area contributed by atoms with Gasteiger partial charge in [-0.05, 0) is 46.8 Å². The highest BCUT2D eigenvalue weighted by Crippen LogP contribution is 2.14. The maximum atomic E-state index is 4.52. The lowest BCUT2D eigenvalue weighted by Gasteiger charge is -2.15. The lowest BCUT2D eigenvalue weighted by Crippen LogP contribution is -2.17. The SMILES string of the molecule is Cc1cc(C)n(C[C@@H](C)n2nc(C)cc2C)n1. The molecule has 4 nitrogen and oxygen atoms in total. The van der Waals surface area contributed by atoms with E-state index in [0.29, 0.717) is 6.04 Å². The highest BCUT2D eigenvalue weighted by atomic mass is 15.3. The Hall–Kier alpha value is -1.58. The van der Waals surface area contributed by atoms with E-state index in [2.05, 4.69) is 52.5 Å². The fraction of sp³-hybridized carbons (Fsp3) is 0.538. The Bertz CT molecular complexity index is 522. The molecule has 0 unspecified atom stereocenters. The van der Waals surface area contributed by atoms with Gasteiger partial charge in [0.2, 0.25) is 0 Å². The summed E-state index contributed by atoms with van der Waals surface area (Å²) in [4.78, 5) is 0. The number of hydrogen-bond donors (Lipinski definition) is 0. The molecule has 0 fully saturated rings. The first-order valence-corrected chi connectivity index (χ1v) is 6.01. The Morgan fingerprint density at radius 1 is 1.00 bits per heavy atom. The van der Waals surface area contributed by atoms with Gasteiger partial charge in [0.1, 0.15) is 0 Å². The summed E-state index contributed by atoms with van der Waals surface area (Å²) < 4.78 is 4.13. The zero-order valence-electron chi connectivity index (χ0n) is 11.2. The quantitative estimate of drug-likeness (QED) is 0.815. The van der Waals surface area contributed by atoms with Crippen LogP contribution in [-0.2, 0) is 6.54 Å². The van der Waals surface area contributed by atoms with Crippen molar-refractivity contribution in [1.29, 1.82) is 0 Å². The highest BCUT2D eigenvalue weighted by Gasteiger charge is 2.11. The molecule has 0 N–H and O–H groups in total. The summed E-state index contributed by atoms with van der Waals surface area (Å²) in [5.74, 6) is 0. The first-order valence-electron chi connectivity index (χ1n) is 6.01. The molecule has 1 atom stereocenters. The second kappa shape index (κ2) is 4.35. The van der Waals surface area contributed by atoms with E-state index in [1.54, 1.807) is 0 Å². The summed E-state index contributed by atoms with van der Waals surface area (Å²) in [6.07, 6.45) is 0. The van der Waals surface area contributed by atoms with Crippen LogP contribution >= 0.6 is 0 Å². The van der Waals surface area contributed by atoms with Crippen molar-refractivity contribution in [2.75, 3.05) is 0 Å². The van der Waals surface area contributed by atoms with E-state index in [4.69, 9.17) is 0 Å². The van der Waals surface area contributed by atoms with Crippen molar-refractivity contribution in [1.82, 2.24) is 19.6 Å². The monoisotopic (exact) mass is 232 g/mol. The van der Waals surface area contributed by atoms with Gasteiger partial charge in [0.25, 0.3) is 0 Å². The maximum absolute atomic E-state index is 4.52. The molecular weight excluding hydrogens is 212 g/mol. The molecule has 2 heterocycles. The van der Waals surface area contributed by atoms with E-state index in [9.17, 15) is 0 Å². The molecule has 0 spiro atoms. The van der Waals surface area contributed by atoms with Crippen LogP contribution < -0.4 is 0 Å². The Kier molecular flexibility index (Phi) is 3.05. The van der Waals surface area contributed by atoms with Crippen LogP contribution in [0.25, 0.3) is 0 Å². The summed E-state index contributed by atoms with van der Waals surface area (Å²) in [5, 5.41) is 9.01. The smallest absolute Gasteiger partial charge is 0.0690 e. The van der Waals surface area contributed by atoms with Crippen molar-refractivity contribution < 1.29 is 0 Å². The van der Waals surface area contributed by atoms with Crippen molar-refractivity contribution in [3.8, 4) is 0 Å². The number of aromatic nitrogens is 4. The molecule has 0 aliphatic heterocycles. The molecule has 0 bridgehead atoms. The minimum Gasteiger partial charge on any atom is -0.267 e. The minimum absolute atomic E-state index is 0.321. The molecule has 0 saturated carbocycles. The second-order valence-corrected chi connectivity index (χ2v) is 4.83. The fourth-order valence-electron chi connectivity index (χ4n) is 2.28. The van der Waals surface area contributed by atoms with Crippen LogP contribution in [0.4, 0.5) is 0 Å². The molecule has 0 aliphatic rings. The molecule has 17 heavy (non-hydrogen) atoms. The number of hydrogen-bond acceptors (Lipinski definition) is 2. The van der Waals surface area contributed by atoms with E-state index in [-0.39, 0.29) is 0 Å². The Morgan fingerprint density at radius 3 is 2.06 bits per heavy atom. The third kappa shape index (κ3) is 2.40. The molecule has 92 valence electrons. The zero-order valence-corrected chi connectivity index (χ0v) is 11.2. The van der Waals surface area contributed by atoms with Gasteiger partial charge in [0.05, 0.1) is 24.0 Å². The molecule has 2 aromatic rings. The van der Waals surface area contributed by atoms with Crippen molar-refractivity contribution in [3.05, 3.63) is 34.9 Å². The highest BCUT2D eigenvalue weighted by molar-refractivity contribution is 5.09. The van der Waals surface area contributed by atoms with Crippen LogP contribution in [0, 0.1) is 27.7 Å². The number of rotatable bonds is 3. The molecule has 0 radical (unpaired) electrons. The van der Waals surface area contributed by atoms with Gasteiger partial charge in [-0.25, -0.2) is 0 Å². The molecular formula is C13H20N4. The van der Waals surface area contributed by atoms with Crippen LogP contribution in [0.1, 0.15) is 35.7 Å². The normalized spacial score (nSPS) is 13.0. The number of aryl methyl sites for hydroxylation is 4. The van der Waals surface area contributed by atoms with Crippen molar-refractivity contribution in [2.24, 2.45) is 0 Å². The second-order valence-electron chi connectivity index (χ2n) is 4.83. The van der Waals surface area contributed by atoms with E-state index in [1.165, 1.54) is 11.4 Å². The van der Waals surface area contributed by atoms with Crippen molar-refractivity contribution >= 4 is 0 Å². The Labute approximate surface area is 102 Å². The van der Waals surface area contributed by atoms with Crippen LogP contribution in [-0.4, -0.2) is 19.6 Å². The van der Waals surface area contributed by atoms with E-state index in [0.717, 1.165) is 17.9 Å². The van der Waals surface area contributed by atoms with E-state index in [1.807, 2.05) is 13.8 Å². The maximum Gasteiger partial charge on any atom is 0.0690 e. The standard InChI is InChI=1S/C13H20N4/c1-9-6-11(3)16(14-9)8-13(5)17-12(4)7-10(2)15-17/h6-7,13H,8H2,1-5H3/t13-/m1/s1. The van der Waals surface area contributed by atoms with Crippen molar-refractivity contribution in [3.63, 3.8) is 0 Å². The molecule has 2 rings (SSSR count). The first kappa shape index (κ1) is 11.9. The zero-order chi connectivity index (χ0) is 12.6. The summed E-state index contributed by atoms with van der Waals surface area (Å²) in [5.41, 5.74) is 4.55. The van der Waals surface area contributed by atoms with Gasteiger partial charge in [-0.15, -0.1) is 0 Å². The number of nitrogens with zero attached hydrogens (tertiary/aromatic N) is 4. The van der Waals surface area contributed by atoms with Gasteiger partial charge >= 0.3 is 0 Å². The van der Waals surface area contributed by atoms with Crippen LogP contribution in [0.15, 0.2) is 12.1 Å². The lowest BCUT2D eigenvalue weighted by atomic mass is 10.3. The summed E-state index contributed by atoms with van der Waals surface area (Å²) in [6.45, 7) is 11.3. The largest absolute Gasteiger partial charge is 0.267 e. The average Bonchev–Trinajstić information content (AvgIpc) is 2.70. The molecule has 0 amide bonds. The first-order chi connectivity index (χ1) is 7.97. The van der Waals surface area contributed by atoms with E-state index < -0.39 is 0 Å². The Balaban J connectivity index is 2.19. The van der Waals surface area contributed by atoms with Gasteiger partial charge < -0.3 is 0 Å². The summed E-state index contributed by atoms with van der Waals surface area (Å²) in [6, 6.07) is 4.53. The predicted molar refractivity (Wildman–Crippen MR) is 68.1 cm³/mol. The molecule has 0 saturated heterocycles. The topological polar surface area (TPSA) is 35.6 Å². The Morgan fingerprint density at radius 2 is 1.59 bits per heavy atom. The third-order valence-corrected chi connectivity index (χ3v) is 3.00. The molecule has 0 aromatic carbocycles. The predicted octanol–water partition coefficient (Wildman–Crippen LogP) is 2.57. The third-order valence-electron chi connectivity index (χ3n) is 3.00. The van der Waals surface area contributed by atoms with Crippen molar-refractivity contribution in [2.45, 2.75) is 47.2 Å².